The van der Waals surface area contributed by atoms with Crippen molar-refractivity contribution < 1.29 is 0 Å². The first kappa shape index (κ1) is 28.8. The highest BCUT2D eigenvalue weighted by atomic mass is 32.2. The van der Waals surface area contributed by atoms with E-state index < -0.39 is 0 Å². The number of hydrogen-bond donors (Lipinski definition) is 1. The van der Waals surface area contributed by atoms with E-state index in [1.54, 1.807) is 11.9 Å². The molecular weight excluding hydrogens is 569 g/mol. The van der Waals surface area contributed by atoms with Crippen molar-refractivity contribution in [3.8, 4) is 11.4 Å². The molecule has 2 aliphatic carbocycles. The number of anilines is 2. The number of fused-ring (bicyclic) bond motifs is 2. The van der Waals surface area contributed by atoms with Crippen LogP contribution in [-0.2, 0) is 6.54 Å². The Balaban J connectivity index is 1.06. The third kappa shape index (κ3) is 5.81. The van der Waals surface area contributed by atoms with Gasteiger partial charge in [0.25, 0.3) is 0 Å². The predicted molar refractivity (Wildman–Crippen MR) is 192 cm³/mol. The lowest BCUT2D eigenvalue weighted by atomic mass is 9.84. The van der Waals surface area contributed by atoms with E-state index in [-0.39, 0.29) is 0 Å². The average molecular weight is 605 g/mol. The maximum atomic E-state index is 6.24. The van der Waals surface area contributed by atoms with Gasteiger partial charge < -0.3 is 14.6 Å². The van der Waals surface area contributed by atoms with Gasteiger partial charge in [0, 0.05) is 35.0 Å². The molecule has 0 bridgehead atoms. The SMILES string of the molecule is CCN(Sc1ccc(C2=CC=C3C=CC(c4ccc(-c5nc6ccccc6n5CC)cc4)=C=CC3C2)cc1)c1ccccc1N. The number of nitrogen functional groups attached to an aromatic ring is 1. The first-order valence-corrected chi connectivity index (χ1v) is 16.4. The summed E-state index contributed by atoms with van der Waals surface area (Å²) in [5.74, 6) is 1.31. The molecule has 5 heteroatoms. The second-order valence-electron chi connectivity index (χ2n) is 11.3. The number of para-hydroxylation sites is 4. The number of aryl methyl sites for hydroxylation is 1. The fourth-order valence-electron chi connectivity index (χ4n) is 6.16. The summed E-state index contributed by atoms with van der Waals surface area (Å²) in [6.07, 6.45) is 12.2. The Labute approximate surface area is 269 Å². The van der Waals surface area contributed by atoms with Gasteiger partial charge >= 0.3 is 0 Å². The van der Waals surface area contributed by atoms with Crippen LogP contribution < -0.4 is 10.0 Å². The Kier molecular flexibility index (Phi) is 8.04. The molecule has 0 fully saturated rings. The molecule has 0 saturated carbocycles. The summed E-state index contributed by atoms with van der Waals surface area (Å²) in [7, 11) is 0. The summed E-state index contributed by atoms with van der Waals surface area (Å²) in [5, 5.41) is 0. The van der Waals surface area contributed by atoms with Gasteiger partial charge in [-0.3, -0.25) is 0 Å². The smallest absolute Gasteiger partial charge is 0.141 e. The number of aromatic nitrogens is 2. The van der Waals surface area contributed by atoms with E-state index in [1.165, 1.54) is 27.1 Å². The van der Waals surface area contributed by atoms with E-state index in [9.17, 15) is 0 Å². The van der Waals surface area contributed by atoms with Gasteiger partial charge in [-0.15, -0.1) is 5.73 Å². The number of imidazole rings is 1. The van der Waals surface area contributed by atoms with Crippen molar-refractivity contribution >= 4 is 45.5 Å². The van der Waals surface area contributed by atoms with Crippen LogP contribution in [0.4, 0.5) is 11.4 Å². The lowest BCUT2D eigenvalue weighted by Crippen LogP contribution is -2.14. The van der Waals surface area contributed by atoms with Crippen LogP contribution in [0.15, 0.2) is 144 Å². The summed E-state index contributed by atoms with van der Waals surface area (Å²) < 4.78 is 4.52. The monoisotopic (exact) mass is 604 g/mol. The highest BCUT2D eigenvalue weighted by molar-refractivity contribution is 8.00. The van der Waals surface area contributed by atoms with Crippen molar-refractivity contribution in [2.45, 2.75) is 31.7 Å². The van der Waals surface area contributed by atoms with Crippen LogP contribution in [0.3, 0.4) is 0 Å². The molecule has 0 radical (unpaired) electrons. The lowest BCUT2D eigenvalue weighted by Gasteiger charge is -2.23. The van der Waals surface area contributed by atoms with E-state index in [4.69, 9.17) is 10.7 Å². The van der Waals surface area contributed by atoms with Crippen LogP contribution in [-0.4, -0.2) is 16.1 Å². The molecule has 2 aliphatic rings. The fourth-order valence-corrected chi connectivity index (χ4v) is 7.07. The molecule has 0 aliphatic heterocycles. The molecule has 1 aromatic heterocycles. The van der Waals surface area contributed by atoms with E-state index in [2.05, 4.69) is 132 Å². The molecule has 7 rings (SSSR count). The Morgan fingerprint density at radius 2 is 1.58 bits per heavy atom. The maximum absolute atomic E-state index is 6.24. The van der Waals surface area contributed by atoms with Crippen molar-refractivity contribution in [3.63, 3.8) is 0 Å². The van der Waals surface area contributed by atoms with E-state index in [0.717, 1.165) is 58.9 Å². The van der Waals surface area contributed by atoms with Gasteiger partial charge in [-0.05, 0) is 103 Å². The minimum Gasteiger partial charge on any atom is -0.397 e. The van der Waals surface area contributed by atoms with Crippen LogP contribution in [0.2, 0.25) is 0 Å². The molecule has 0 spiro atoms. The predicted octanol–water partition coefficient (Wildman–Crippen LogP) is 9.98. The molecule has 2 N–H and O–H groups in total. The van der Waals surface area contributed by atoms with Gasteiger partial charge in [0.05, 0.1) is 22.4 Å². The summed E-state index contributed by atoms with van der Waals surface area (Å²) in [5.41, 5.74) is 21.2. The topological polar surface area (TPSA) is 47.1 Å². The van der Waals surface area contributed by atoms with Gasteiger partial charge in [-0.25, -0.2) is 4.98 Å². The van der Waals surface area contributed by atoms with Gasteiger partial charge in [0.1, 0.15) is 5.82 Å². The van der Waals surface area contributed by atoms with Gasteiger partial charge in [0.15, 0.2) is 0 Å². The first-order valence-electron chi connectivity index (χ1n) is 15.6. The highest BCUT2D eigenvalue weighted by Crippen LogP contribution is 2.37. The van der Waals surface area contributed by atoms with Crippen molar-refractivity contribution in [1.82, 2.24) is 9.55 Å². The van der Waals surface area contributed by atoms with E-state index >= 15 is 0 Å². The van der Waals surface area contributed by atoms with E-state index in [0.29, 0.717) is 5.92 Å². The molecule has 5 aromatic rings. The van der Waals surface area contributed by atoms with Crippen LogP contribution >= 0.6 is 11.9 Å². The maximum Gasteiger partial charge on any atom is 0.141 e. The first-order chi connectivity index (χ1) is 22.1. The molecule has 0 amide bonds. The third-order valence-electron chi connectivity index (χ3n) is 8.59. The minimum atomic E-state index is 0.299. The van der Waals surface area contributed by atoms with Gasteiger partial charge in [-0.1, -0.05) is 78.9 Å². The number of nitrogens with zero attached hydrogens (tertiary/aromatic N) is 3. The largest absolute Gasteiger partial charge is 0.397 e. The molecule has 0 saturated heterocycles. The zero-order valence-corrected chi connectivity index (χ0v) is 26.5. The average Bonchev–Trinajstić information content (AvgIpc) is 3.33. The zero-order chi connectivity index (χ0) is 30.8. The van der Waals surface area contributed by atoms with Crippen molar-refractivity contribution in [1.29, 1.82) is 0 Å². The number of benzene rings is 4. The molecule has 222 valence electrons. The molecule has 1 unspecified atom stereocenters. The summed E-state index contributed by atoms with van der Waals surface area (Å²) in [6.45, 7) is 6.07. The molecular formula is C40H36N4S. The Morgan fingerprint density at radius 3 is 2.36 bits per heavy atom. The molecule has 4 aromatic carbocycles. The number of hydrogen-bond acceptors (Lipinski definition) is 4. The van der Waals surface area contributed by atoms with Crippen LogP contribution in [0.25, 0.3) is 33.6 Å². The Bertz CT molecular complexity index is 2020. The summed E-state index contributed by atoms with van der Waals surface area (Å²) in [4.78, 5) is 6.12. The summed E-state index contributed by atoms with van der Waals surface area (Å²) >= 11 is 1.72. The second-order valence-corrected chi connectivity index (χ2v) is 12.4. The standard InChI is InChI=1S/C40H36N4S/c1-3-43-39-12-8-6-10-37(39)42-40(43)32-19-15-29(16-20-32)28-13-14-30-18-22-34(27-33(30)21-17-28)31-23-25-35(26-24-31)45-44(4-2)38-11-7-5-9-36(38)41/h5-16,18-26,33H,3-4,27,41H2,1-2H3. The number of rotatable bonds is 8. The Morgan fingerprint density at radius 1 is 0.844 bits per heavy atom. The molecule has 1 atom stereocenters. The van der Waals surface area contributed by atoms with Crippen LogP contribution in [0, 0.1) is 5.92 Å². The number of allylic oxidation sites excluding steroid dienone is 7. The van der Waals surface area contributed by atoms with Crippen molar-refractivity contribution in [2.24, 2.45) is 5.92 Å². The van der Waals surface area contributed by atoms with Crippen molar-refractivity contribution in [3.05, 3.63) is 150 Å². The molecule has 45 heavy (non-hydrogen) atoms. The zero-order valence-electron chi connectivity index (χ0n) is 25.7. The fraction of sp³-hybridized carbons (Fsp3) is 0.150. The quantitative estimate of drug-likeness (QED) is 0.109. The van der Waals surface area contributed by atoms with Crippen LogP contribution in [0.5, 0.6) is 0 Å². The number of nitrogens with two attached hydrogens (primary N) is 1. The lowest BCUT2D eigenvalue weighted by molar-refractivity contribution is 0.796. The van der Waals surface area contributed by atoms with Gasteiger partial charge in [0.2, 0.25) is 0 Å². The molecule has 4 nitrogen and oxygen atoms in total. The third-order valence-corrected chi connectivity index (χ3v) is 9.74. The van der Waals surface area contributed by atoms with Crippen molar-refractivity contribution in [2.75, 3.05) is 16.6 Å². The van der Waals surface area contributed by atoms with E-state index in [1.807, 2.05) is 24.3 Å². The minimum absolute atomic E-state index is 0.299. The highest BCUT2D eigenvalue weighted by Gasteiger charge is 2.19. The van der Waals surface area contributed by atoms with Crippen LogP contribution in [0.1, 0.15) is 31.4 Å². The normalized spacial score (nSPS) is 15.7. The molecule has 1 heterocycles. The second kappa shape index (κ2) is 12.6. The van der Waals surface area contributed by atoms with Gasteiger partial charge in [-0.2, -0.15) is 0 Å². The summed E-state index contributed by atoms with van der Waals surface area (Å²) in [6, 6.07) is 34.0. The Hall–Kier alpha value is -4.96.